The molecule has 216 valence electrons. The zero-order valence-corrected chi connectivity index (χ0v) is 21.0. The zero-order chi connectivity index (χ0) is 29.5. The van der Waals surface area contributed by atoms with Crippen molar-refractivity contribution in [1.29, 1.82) is 0 Å². The number of aromatic amines is 1. The van der Waals surface area contributed by atoms with E-state index in [0.29, 0.717) is 43.5 Å². The smallest absolute Gasteiger partial charge is 0.380 e. The summed E-state index contributed by atoms with van der Waals surface area (Å²) in [5, 5.41) is 8.41. The van der Waals surface area contributed by atoms with Gasteiger partial charge in [0.15, 0.2) is 5.82 Å². The van der Waals surface area contributed by atoms with E-state index in [1.807, 2.05) is 0 Å². The molecule has 2 N–H and O–H groups in total. The van der Waals surface area contributed by atoms with Crippen LogP contribution in [0.4, 0.5) is 36.4 Å². The molecule has 0 spiro atoms. The van der Waals surface area contributed by atoms with Gasteiger partial charge in [0.1, 0.15) is 11.4 Å². The normalized spacial score (nSPS) is 18.0. The van der Waals surface area contributed by atoms with Crippen molar-refractivity contribution < 1.29 is 30.7 Å². The van der Waals surface area contributed by atoms with Crippen LogP contribution >= 0.6 is 0 Å². The van der Waals surface area contributed by atoms with Gasteiger partial charge >= 0.3 is 12.4 Å². The van der Waals surface area contributed by atoms with Gasteiger partial charge in [-0.1, -0.05) is 6.42 Å². The maximum atomic E-state index is 14.9. The minimum atomic E-state index is -4.88. The number of hydrogen-bond acceptors (Lipinski definition) is 6. The molecule has 0 unspecified atom stereocenters. The minimum absolute atomic E-state index is 0.0375. The van der Waals surface area contributed by atoms with E-state index in [9.17, 15) is 40.3 Å². The number of alkyl halides is 6. The van der Waals surface area contributed by atoms with E-state index >= 15 is 0 Å². The highest BCUT2D eigenvalue weighted by Gasteiger charge is 2.38. The van der Waals surface area contributed by atoms with E-state index in [2.05, 4.69) is 20.4 Å². The van der Waals surface area contributed by atoms with Gasteiger partial charge in [-0.25, -0.2) is 19.5 Å². The fourth-order valence-corrected chi connectivity index (χ4v) is 5.11. The Morgan fingerprint density at radius 3 is 2.41 bits per heavy atom. The molecule has 41 heavy (non-hydrogen) atoms. The van der Waals surface area contributed by atoms with Crippen LogP contribution in [-0.2, 0) is 18.9 Å². The van der Waals surface area contributed by atoms with Crippen LogP contribution in [0.3, 0.4) is 0 Å². The summed E-state index contributed by atoms with van der Waals surface area (Å²) in [6.45, 7) is 0.220. The second kappa shape index (κ2) is 10.6. The number of H-pyrrole nitrogens is 1. The second-order valence-electron chi connectivity index (χ2n) is 9.85. The first-order valence-corrected chi connectivity index (χ1v) is 12.4. The van der Waals surface area contributed by atoms with Gasteiger partial charge in [-0.05, 0) is 48.8 Å². The number of aromatic nitrogens is 5. The van der Waals surface area contributed by atoms with Crippen molar-refractivity contribution in [3.63, 3.8) is 0 Å². The third-order valence-electron chi connectivity index (χ3n) is 7.02. The first-order chi connectivity index (χ1) is 19.3. The Morgan fingerprint density at radius 2 is 1.73 bits per heavy atom. The molecule has 1 aromatic carbocycles. The maximum Gasteiger partial charge on any atom is 0.423 e. The topological polar surface area (TPSA) is 106 Å². The van der Waals surface area contributed by atoms with E-state index in [1.165, 1.54) is 16.8 Å². The number of nitrogens with zero attached hydrogens (tertiary/aromatic N) is 4. The lowest BCUT2D eigenvalue weighted by Gasteiger charge is -2.31. The van der Waals surface area contributed by atoms with Gasteiger partial charge in [-0.15, -0.1) is 0 Å². The molecule has 1 aliphatic rings. The van der Waals surface area contributed by atoms with Crippen molar-refractivity contribution in [2.75, 3.05) is 5.32 Å². The van der Waals surface area contributed by atoms with Crippen molar-refractivity contribution in [3.05, 3.63) is 80.6 Å². The van der Waals surface area contributed by atoms with Crippen molar-refractivity contribution in [1.82, 2.24) is 24.7 Å². The lowest BCUT2D eigenvalue weighted by atomic mass is 9.85. The number of pyridine rings is 1. The van der Waals surface area contributed by atoms with E-state index in [4.69, 9.17) is 0 Å². The van der Waals surface area contributed by atoms with E-state index in [1.54, 1.807) is 11.2 Å². The number of nitrogens with one attached hydrogen (secondary N) is 2. The molecule has 0 saturated heterocycles. The Balaban J connectivity index is 1.35. The standard InChI is InChI=1S/C26H21F7N6O2/c27-19-8-17-14(7-18(19)22-34-9-15(10-35-22)25(28,29)30)4-5-39(24(17)41)12-13-2-1-3-16(6-13)37-20-11-36-38-23(40)21(20)26(31,32)33/h4-5,7-11,13,16H,1-3,6,12H2,(H2,37,38,40)/t13-,16+/m1/s1. The quantitative estimate of drug-likeness (QED) is 0.306. The van der Waals surface area contributed by atoms with E-state index < -0.39 is 52.1 Å². The highest BCUT2D eigenvalue weighted by Crippen LogP contribution is 2.34. The Hall–Kier alpha value is -4.30. The lowest BCUT2D eigenvalue weighted by Crippen LogP contribution is -2.33. The summed E-state index contributed by atoms with van der Waals surface area (Å²) >= 11 is 0. The van der Waals surface area contributed by atoms with Gasteiger partial charge in [0.2, 0.25) is 0 Å². The van der Waals surface area contributed by atoms with Crippen molar-refractivity contribution in [3.8, 4) is 11.4 Å². The van der Waals surface area contributed by atoms with Crippen molar-refractivity contribution in [2.45, 2.75) is 50.6 Å². The molecule has 3 aromatic heterocycles. The van der Waals surface area contributed by atoms with Gasteiger partial charge in [0, 0.05) is 31.2 Å². The van der Waals surface area contributed by atoms with Crippen LogP contribution in [0, 0.1) is 11.7 Å². The largest absolute Gasteiger partial charge is 0.423 e. The average molecular weight is 582 g/mol. The van der Waals surface area contributed by atoms with Crippen LogP contribution < -0.4 is 16.4 Å². The molecule has 0 aliphatic heterocycles. The SMILES string of the molecule is O=c1[nH]ncc(N[C@H]2CCC[C@@H](Cn3ccc4cc(-c5ncc(C(F)(F)F)cn5)c(F)cc4c3=O)C2)c1C(F)(F)F. The molecule has 3 heterocycles. The predicted octanol–water partition coefficient (Wildman–Crippen LogP) is 5.39. The highest BCUT2D eigenvalue weighted by molar-refractivity contribution is 5.86. The first-order valence-electron chi connectivity index (χ1n) is 12.4. The van der Waals surface area contributed by atoms with Crippen molar-refractivity contribution in [2.24, 2.45) is 5.92 Å². The van der Waals surface area contributed by atoms with Crippen LogP contribution in [0.1, 0.15) is 36.8 Å². The van der Waals surface area contributed by atoms with Crippen LogP contribution in [0.2, 0.25) is 0 Å². The summed E-state index contributed by atoms with van der Waals surface area (Å²) < 4.78 is 95.0. The number of halogens is 7. The summed E-state index contributed by atoms with van der Waals surface area (Å²) in [6.07, 6.45) is -3.70. The summed E-state index contributed by atoms with van der Waals surface area (Å²) in [6, 6.07) is 3.42. The fraction of sp³-hybridized carbons (Fsp3) is 0.346. The molecule has 2 atom stereocenters. The molecule has 1 saturated carbocycles. The molecule has 8 nitrogen and oxygen atoms in total. The summed E-state index contributed by atoms with van der Waals surface area (Å²) in [5.74, 6) is -1.27. The van der Waals surface area contributed by atoms with Crippen LogP contribution in [0.25, 0.3) is 22.2 Å². The number of fused-ring (bicyclic) bond motifs is 1. The molecular formula is C26H21F7N6O2. The van der Waals surface area contributed by atoms with Crippen LogP contribution in [0.5, 0.6) is 0 Å². The Bertz CT molecular complexity index is 1700. The number of anilines is 1. The third kappa shape index (κ3) is 5.93. The molecule has 1 fully saturated rings. The Morgan fingerprint density at radius 1 is 1.00 bits per heavy atom. The number of rotatable bonds is 5. The van der Waals surface area contributed by atoms with Crippen molar-refractivity contribution >= 4 is 16.5 Å². The summed E-state index contributed by atoms with van der Waals surface area (Å²) in [7, 11) is 0. The molecule has 0 radical (unpaired) electrons. The fourth-order valence-electron chi connectivity index (χ4n) is 5.11. The van der Waals surface area contributed by atoms with Gasteiger partial charge in [0.25, 0.3) is 11.1 Å². The van der Waals surface area contributed by atoms with Crippen LogP contribution in [0.15, 0.2) is 52.6 Å². The lowest BCUT2D eigenvalue weighted by molar-refractivity contribution is -0.139. The summed E-state index contributed by atoms with van der Waals surface area (Å²) in [4.78, 5) is 32.2. The molecule has 0 amide bonds. The molecular weight excluding hydrogens is 561 g/mol. The predicted molar refractivity (Wildman–Crippen MR) is 133 cm³/mol. The zero-order valence-electron chi connectivity index (χ0n) is 21.0. The summed E-state index contributed by atoms with van der Waals surface area (Å²) in [5.41, 5.74) is -4.88. The monoisotopic (exact) mass is 582 g/mol. The van der Waals surface area contributed by atoms with Gasteiger partial charge in [0.05, 0.1) is 28.4 Å². The van der Waals surface area contributed by atoms with E-state index in [0.717, 1.165) is 12.3 Å². The molecule has 1 aliphatic carbocycles. The van der Waals surface area contributed by atoms with E-state index in [-0.39, 0.29) is 29.2 Å². The number of benzene rings is 1. The first kappa shape index (κ1) is 28.2. The average Bonchev–Trinajstić information content (AvgIpc) is 2.89. The third-order valence-corrected chi connectivity index (χ3v) is 7.02. The van der Waals surface area contributed by atoms with Gasteiger partial charge < -0.3 is 9.88 Å². The molecule has 15 heteroatoms. The highest BCUT2D eigenvalue weighted by atomic mass is 19.4. The number of hydrogen-bond donors (Lipinski definition) is 2. The molecule has 4 aromatic rings. The van der Waals surface area contributed by atoms with Gasteiger partial charge in [-0.3, -0.25) is 9.59 Å². The maximum absolute atomic E-state index is 14.9. The molecule has 5 rings (SSSR count). The minimum Gasteiger partial charge on any atom is -0.380 e. The molecule has 0 bridgehead atoms. The van der Waals surface area contributed by atoms with Gasteiger partial charge in [-0.2, -0.15) is 31.4 Å². The van der Waals surface area contributed by atoms with Crippen LogP contribution in [-0.4, -0.2) is 30.8 Å². The Labute approximate surface area is 226 Å². The second-order valence-corrected chi connectivity index (χ2v) is 9.85. The Kier molecular flexibility index (Phi) is 7.30.